The van der Waals surface area contributed by atoms with Gasteiger partial charge < -0.3 is 29.6 Å². The molecule has 8 heteroatoms. The molecule has 4 rings (SSSR count). The number of hydrogen-bond donors (Lipinski definition) is 2. The molecule has 2 N–H and O–H groups in total. The van der Waals surface area contributed by atoms with Crippen molar-refractivity contribution in [2.24, 2.45) is 0 Å². The van der Waals surface area contributed by atoms with Gasteiger partial charge >= 0.3 is 0 Å². The Morgan fingerprint density at radius 3 is 1.53 bits per heavy atom. The molecule has 0 aliphatic carbocycles. The van der Waals surface area contributed by atoms with Crippen LogP contribution >= 0.6 is 0 Å². The Morgan fingerprint density at radius 1 is 0.765 bits per heavy atom. The van der Waals surface area contributed by atoms with Crippen LogP contribution in [-0.4, -0.2) is 38.2 Å². The van der Waals surface area contributed by atoms with Gasteiger partial charge in [0.25, 0.3) is 0 Å². The first-order valence-electron chi connectivity index (χ1n) is 11.8. The molecule has 0 bridgehead atoms. The molecule has 0 spiro atoms. The number of ether oxygens (including phenoxy) is 4. The highest BCUT2D eigenvalue weighted by Crippen LogP contribution is 2.37. The summed E-state index contributed by atoms with van der Waals surface area (Å²) < 4.78 is 22.2. The van der Waals surface area contributed by atoms with Gasteiger partial charge in [0, 0.05) is 49.9 Å². The summed E-state index contributed by atoms with van der Waals surface area (Å²) in [6, 6.07) is 7.61. The van der Waals surface area contributed by atoms with Gasteiger partial charge in [-0.2, -0.15) is 0 Å². The molecule has 2 aliphatic heterocycles. The summed E-state index contributed by atoms with van der Waals surface area (Å²) in [6.07, 6.45) is 3.68. The Hall–Kier alpha value is -3.42. The maximum Gasteiger partial charge on any atom is 0.221 e. The summed E-state index contributed by atoms with van der Waals surface area (Å²) in [5.74, 6) is 2.93. The van der Waals surface area contributed by atoms with Gasteiger partial charge in [0.05, 0.1) is 37.8 Å². The van der Waals surface area contributed by atoms with Crippen LogP contribution in [0.25, 0.3) is 0 Å². The van der Waals surface area contributed by atoms with E-state index >= 15 is 0 Å². The minimum atomic E-state index is -0.107. The van der Waals surface area contributed by atoms with Gasteiger partial charge in [-0.3, -0.25) is 9.59 Å². The van der Waals surface area contributed by atoms with Crippen molar-refractivity contribution in [3.05, 3.63) is 35.4 Å². The van der Waals surface area contributed by atoms with Crippen LogP contribution in [-0.2, 0) is 22.4 Å². The summed E-state index contributed by atoms with van der Waals surface area (Å²) in [4.78, 5) is 22.3. The molecule has 0 fully saturated rings. The molecule has 0 saturated carbocycles. The molecule has 184 valence electrons. The minimum Gasteiger partial charge on any atom is -0.493 e. The van der Waals surface area contributed by atoms with Gasteiger partial charge in [0.15, 0.2) is 0 Å². The number of rotatable bonds is 8. The first kappa shape index (κ1) is 25.2. The molecule has 8 nitrogen and oxygen atoms in total. The van der Waals surface area contributed by atoms with Crippen molar-refractivity contribution < 1.29 is 28.5 Å². The van der Waals surface area contributed by atoms with Crippen molar-refractivity contribution in [1.82, 2.24) is 0 Å². The molecule has 34 heavy (non-hydrogen) atoms. The molecule has 0 radical (unpaired) electrons. The van der Waals surface area contributed by atoms with Gasteiger partial charge in [0.1, 0.15) is 23.0 Å². The number of nitrogens with one attached hydrogen (secondary N) is 2. The van der Waals surface area contributed by atoms with E-state index in [0.717, 1.165) is 59.8 Å². The van der Waals surface area contributed by atoms with Crippen LogP contribution in [0, 0.1) is 0 Å². The molecule has 0 aromatic heterocycles. The average molecular weight is 471 g/mol. The third-order valence-corrected chi connectivity index (χ3v) is 5.13. The molecular formula is C26H34N2O6. The Kier molecular flexibility index (Phi) is 9.01. The Balaban J connectivity index is 0.000000191. The number of carbonyl (C=O) groups is 2. The fraction of sp³-hybridized carbons (Fsp3) is 0.462. The molecule has 0 atom stereocenters. The summed E-state index contributed by atoms with van der Waals surface area (Å²) >= 11 is 0. The van der Waals surface area contributed by atoms with Crippen molar-refractivity contribution in [1.29, 1.82) is 0 Å². The number of hydrogen-bond acceptors (Lipinski definition) is 6. The quantitative estimate of drug-likeness (QED) is 0.579. The van der Waals surface area contributed by atoms with Gasteiger partial charge in [0.2, 0.25) is 11.8 Å². The van der Waals surface area contributed by atoms with Crippen LogP contribution in [0.15, 0.2) is 24.3 Å². The monoisotopic (exact) mass is 470 g/mol. The third-order valence-electron chi connectivity index (χ3n) is 5.13. The Bertz CT molecular complexity index is 939. The molecule has 2 aliphatic rings. The van der Waals surface area contributed by atoms with Crippen molar-refractivity contribution >= 4 is 23.2 Å². The van der Waals surface area contributed by atoms with E-state index in [0.29, 0.717) is 37.8 Å². The zero-order valence-electron chi connectivity index (χ0n) is 20.4. The average Bonchev–Trinajstić information content (AvgIpc) is 3.44. The Morgan fingerprint density at radius 2 is 1.18 bits per heavy atom. The molecular weight excluding hydrogens is 436 g/mol. The summed E-state index contributed by atoms with van der Waals surface area (Å²) in [7, 11) is 0. The highest BCUT2D eigenvalue weighted by Gasteiger charge is 2.18. The fourth-order valence-electron chi connectivity index (χ4n) is 3.64. The SMILES string of the molecule is CCCOc1cc2c(cc1NC(C)=O)OCC2.CCCOc1cc2c(cc1NC(C)=O)OCC2. The van der Waals surface area contributed by atoms with Crippen molar-refractivity contribution in [3.63, 3.8) is 0 Å². The van der Waals surface area contributed by atoms with Crippen LogP contribution in [0.3, 0.4) is 0 Å². The minimum absolute atomic E-state index is 0.107. The third kappa shape index (κ3) is 6.79. The van der Waals surface area contributed by atoms with E-state index in [1.54, 1.807) is 0 Å². The number of fused-ring (bicyclic) bond motifs is 2. The first-order valence-corrected chi connectivity index (χ1v) is 11.8. The van der Waals surface area contributed by atoms with Gasteiger partial charge in [-0.25, -0.2) is 0 Å². The van der Waals surface area contributed by atoms with Crippen molar-refractivity contribution in [2.45, 2.75) is 53.4 Å². The number of carbonyl (C=O) groups excluding carboxylic acids is 2. The normalized spacial score (nSPS) is 12.8. The lowest BCUT2D eigenvalue weighted by molar-refractivity contribution is -0.115. The lowest BCUT2D eigenvalue weighted by Crippen LogP contribution is -2.08. The Labute approximate surface area is 200 Å². The number of anilines is 2. The zero-order chi connectivity index (χ0) is 24.5. The maximum absolute atomic E-state index is 11.1. The maximum atomic E-state index is 11.1. The van der Waals surface area contributed by atoms with E-state index in [-0.39, 0.29) is 11.8 Å². The predicted octanol–water partition coefficient (Wildman–Crippen LogP) is 4.74. The molecule has 2 amide bonds. The smallest absolute Gasteiger partial charge is 0.221 e. The molecule has 2 aromatic carbocycles. The summed E-state index contributed by atoms with van der Waals surface area (Å²) in [6.45, 7) is 9.76. The van der Waals surface area contributed by atoms with Crippen molar-refractivity contribution in [2.75, 3.05) is 37.1 Å². The van der Waals surface area contributed by atoms with E-state index in [2.05, 4.69) is 24.5 Å². The molecule has 2 heterocycles. The van der Waals surface area contributed by atoms with Gasteiger partial charge in [-0.1, -0.05) is 13.8 Å². The molecule has 2 aromatic rings. The van der Waals surface area contributed by atoms with Crippen LogP contribution in [0.4, 0.5) is 11.4 Å². The van der Waals surface area contributed by atoms with Crippen LogP contribution in [0.1, 0.15) is 51.7 Å². The second-order valence-corrected chi connectivity index (χ2v) is 8.17. The predicted molar refractivity (Wildman–Crippen MR) is 131 cm³/mol. The molecule has 0 unspecified atom stereocenters. The van der Waals surface area contributed by atoms with E-state index in [1.165, 1.54) is 13.8 Å². The topological polar surface area (TPSA) is 95.1 Å². The van der Waals surface area contributed by atoms with E-state index in [4.69, 9.17) is 18.9 Å². The van der Waals surface area contributed by atoms with Gasteiger partial charge in [-0.05, 0) is 25.0 Å². The number of amides is 2. The largest absolute Gasteiger partial charge is 0.493 e. The van der Waals surface area contributed by atoms with E-state index < -0.39 is 0 Å². The van der Waals surface area contributed by atoms with Crippen molar-refractivity contribution in [3.8, 4) is 23.0 Å². The highest BCUT2D eigenvalue weighted by molar-refractivity contribution is 5.91. The fourth-order valence-corrected chi connectivity index (χ4v) is 3.64. The van der Waals surface area contributed by atoms with Crippen LogP contribution < -0.4 is 29.6 Å². The molecule has 0 saturated heterocycles. The van der Waals surface area contributed by atoms with E-state index in [1.807, 2.05) is 24.3 Å². The second kappa shape index (κ2) is 12.2. The van der Waals surface area contributed by atoms with Gasteiger partial charge in [-0.15, -0.1) is 0 Å². The van der Waals surface area contributed by atoms with E-state index in [9.17, 15) is 9.59 Å². The first-order chi connectivity index (χ1) is 16.4. The lowest BCUT2D eigenvalue weighted by atomic mass is 10.1. The summed E-state index contributed by atoms with van der Waals surface area (Å²) in [5.41, 5.74) is 3.66. The highest BCUT2D eigenvalue weighted by atomic mass is 16.5. The zero-order valence-corrected chi connectivity index (χ0v) is 20.4. The standard InChI is InChI=1S/2C13H17NO3/c2*1-3-5-16-13-7-10-4-6-17-12(10)8-11(13)14-9(2)15/h2*7-8H,3-6H2,1-2H3,(H,14,15). The lowest BCUT2D eigenvalue weighted by Gasteiger charge is -2.13. The second-order valence-electron chi connectivity index (χ2n) is 8.17. The van der Waals surface area contributed by atoms with Crippen LogP contribution in [0.2, 0.25) is 0 Å². The summed E-state index contributed by atoms with van der Waals surface area (Å²) in [5, 5.41) is 5.54. The number of benzene rings is 2. The van der Waals surface area contributed by atoms with Crippen LogP contribution in [0.5, 0.6) is 23.0 Å².